The Kier molecular flexibility index (Phi) is 9.46. The van der Waals surface area contributed by atoms with Gasteiger partial charge in [-0.05, 0) is 16.7 Å². The van der Waals surface area contributed by atoms with E-state index in [1.165, 1.54) is 42.5 Å². The summed E-state index contributed by atoms with van der Waals surface area (Å²) in [6, 6.07) is 27.2. The summed E-state index contributed by atoms with van der Waals surface area (Å²) >= 11 is 0. The fourth-order valence-corrected chi connectivity index (χ4v) is 4.34. The topological polar surface area (TPSA) is 159 Å². The first-order chi connectivity index (χ1) is 20.2. The highest BCUT2D eigenvalue weighted by Gasteiger charge is 2.29. The normalized spacial score (nSPS) is 11.4. The molecule has 1 amide bonds. The number of ketones is 1. The molecule has 0 heterocycles. The zero-order chi connectivity index (χ0) is 30.1. The Bertz CT molecular complexity index is 1550. The van der Waals surface area contributed by atoms with Gasteiger partial charge in [-0.25, -0.2) is 4.79 Å². The Morgan fingerprint density at radius 2 is 1.29 bits per heavy atom. The molecule has 0 radical (unpaired) electrons. The predicted octanol–water partition coefficient (Wildman–Crippen LogP) is 4.79. The molecule has 4 aromatic carbocycles. The summed E-state index contributed by atoms with van der Waals surface area (Å²) in [4.78, 5) is 60.5. The van der Waals surface area contributed by atoms with Gasteiger partial charge in [0.05, 0.1) is 15.8 Å². The van der Waals surface area contributed by atoms with E-state index in [2.05, 4.69) is 5.32 Å². The van der Waals surface area contributed by atoms with Crippen LogP contribution in [0.2, 0.25) is 0 Å². The number of amides is 1. The van der Waals surface area contributed by atoms with Crippen molar-refractivity contribution in [3.05, 3.63) is 152 Å². The average molecular weight is 568 g/mol. The molecular formula is C31H25N3O8. The number of nitrogens with one attached hydrogen (secondary N) is 1. The van der Waals surface area contributed by atoms with E-state index < -0.39 is 46.1 Å². The molecular weight excluding hydrogens is 542 g/mol. The third kappa shape index (κ3) is 7.48. The molecule has 0 fully saturated rings. The van der Waals surface area contributed by atoms with Gasteiger partial charge in [0.2, 0.25) is 11.7 Å². The van der Waals surface area contributed by atoms with Crippen molar-refractivity contribution in [3.63, 3.8) is 0 Å². The first kappa shape index (κ1) is 29.3. The Labute approximate surface area is 240 Å². The van der Waals surface area contributed by atoms with Gasteiger partial charge in [-0.15, -0.1) is 0 Å². The molecule has 0 saturated carbocycles. The maximum atomic E-state index is 13.7. The monoisotopic (exact) mass is 567 g/mol. The molecule has 0 aliphatic heterocycles. The summed E-state index contributed by atoms with van der Waals surface area (Å²) in [5.41, 5.74) is 1.43. The fraction of sp³-hybridized carbons (Fsp3) is 0.129. The van der Waals surface area contributed by atoms with Crippen molar-refractivity contribution in [2.75, 3.05) is 6.61 Å². The minimum absolute atomic E-state index is 0.0128. The second-order valence-corrected chi connectivity index (χ2v) is 9.28. The van der Waals surface area contributed by atoms with Crippen molar-refractivity contribution in [2.24, 2.45) is 0 Å². The van der Waals surface area contributed by atoms with Gasteiger partial charge in [-0.2, -0.15) is 0 Å². The number of non-ortho nitro benzene ring substituents is 2. The second-order valence-electron chi connectivity index (χ2n) is 9.28. The Morgan fingerprint density at radius 3 is 1.83 bits per heavy atom. The standard InChI is InChI=1S/C31H25N3O8/c35-28(24-12-7-13-26(19-24)34(40)41)20-42-31(37)27(18-21-14-16-25(17-15-21)33(38)39)32-30(36)29(22-8-3-1-4-9-22)23-10-5-2-6-11-23/h1-17,19,27,29H,18,20H2,(H,32,36)/t27-/m0/s1. The molecule has 0 spiro atoms. The van der Waals surface area contributed by atoms with Gasteiger partial charge >= 0.3 is 5.97 Å². The number of ether oxygens (including phenoxy) is 1. The highest BCUT2D eigenvalue weighted by Crippen LogP contribution is 2.25. The summed E-state index contributed by atoms with van der Waals surface area (Å²) in [6.45, 7) is -0.715. The number of hydrogen-bond acceptors (Lipinski definition) is 8. The van der Waals surface area contributed by atoms with Gasteiger partial charge in [-0.3, -0.25) is 29.8 Å². The van der Waals surface area contributed by atoms with Gasteiger partial charge in [0.25, 0.3) is 11.4 Å². The van der Waals surface area contributed by atoms with Gasteiger partial charge < -0.3 is 10.1 Å². The molecule has 0 aliphatic rings. The molecule has 0 bridgehead atoms. The number of benzene rings is 4. The number of nitro groups is 2. The Morgan fingerprint density at radius 1 is 0.714 bits per heavy atom. The molecule has 1 atom stereocenters. The van der Waals surface area contributed by atoms with Crippen molar-refractivity contribution in [3.8, 4) is 0 Å². The van der Waals surface area contributed by atoms with Crippen LogP contribution in [-0.2, 0) is 20.7 Å². The molecule has 0 aromatic heterocycles. The maximum absolute atomic E-state index is 13.7. The zero-order valence-corrected chi connectivity index (χ0v) is 22.1. The van der Waals surface area contributed by atoms with E-state index in [-0.39, 0.29) is 23.4 Å². The van der Waals surface area contributed by atoms with Crippen LogP contribution >= 0.6 is 0 Å². The largest absolute Gasteiger partial charge is 0.456 e. The molecule has 11 nitrogen and oxygen atoms in total. The SMILES string of the molecule is O=C(COC(=O)[C@H](Cc1ccc([N+](=O)[O-])cc1)NC(=O)C(c1ccccc1)c1ccccc1)c1cccc([N+](=O)[O-])c1. The number of carbonyl (C=O) groups is 3. The minimum Gasteiger partial charge on any atom is -0.456 e. The lowest BCUT2D eigenvalue weighted by molar-refractivity contribution is -0.385. The van der Waals surface area contributed by atoms with Crippen LogP contribution in [-0.4, -0.2) is 40.2 Å². The smallest absolute Gasteiger partial charge is 0.329 e. The second kappa shape index (κ2) is 13.6. The molecule has 42 heavy (non-hydrogen) atoms. The van der Waals surface area contributed by atoms with Gasteiger partial charge in [-0.1, -0.05) is 84.9 Å². The summed E-state index contributed by atoms with van der Waals surface area (Å²) < 4.78 is 5.27. The van der Waals surface area contributed by atoms with Gasteiger partial charge in [0.1, 0.15) is 6.04 Å². The minimum atomic E-state index is -1.26. The predicted molar refractivity (Wildman–Crippen MR) is 152 cm³/mol. The van der Waals surface area contributed by atoms with E-state index in [1.807, 2.05) is 12.1 Å². The van der Waals surface area contributed by atoms with Gasteiger partial charge in [0.15, 0.2) is 6.61 Å². The van der Waals surface area contributed by atoms with Crippen LogP contribution in [0.5, 0.6) is 0 Å². The molecule has 11 heteroatoms. The summed E-state index contributed by atoms with van der Waals surface area (Å²) in [5, 5.41) is 24.9. The quantitative estimate of drug-likeness (QED) is 0.111. The van der Waals surface area contributed by atoms with Crippen LogP contribution < -0.4 is 5.32 Å². The van der Waals surface area contributed by atoms with E-state index in [4.69, 9.17) is 4.74 Å². The average Bonchev–Trinajstić information content (AvgIpc) is 3.01. The van der Waals surface area contributed by atoms with Crippen LogP contribution in [0.25, 0.3) is 0 Å². The van der Waals surface area contributed by atoms with Crippen molar-refractivity contribution in [2.45, 2.75) is 18.4 Å². The van der Waals surface area contributed by atoms with Crippen LogP contribution in [0, 0.1) is 20.2 Å². The van der Waals surface area contributed by atoms with Crippen LogP contribution in [0.15, 0.2) is 109 Å². The van der Waals surface area contributed by atoms with Crippen LogP contribution in [0.4, 0.5) is 11.4 Å². The van der Waals surface area contributed by atoms with Crippen molar-refractivity contribution in [1.29, 1.82) is 0 Å². The molecule has 0 unspecified atom stereocenters. The molecule has 0 aliphatic carbocycles. The van der Waals surface area contributed by atoms with Crippen molar-refractivity contribution >= 4 is 29.0 Å². The lowest BCUT2D eigenvalue weighted by atomic mass is 9.90. The third-order valence-electron chi connectivity index (χ3n) is 6.44. The molecule has 1 N–H and O–H groups in total. The van der Waals surface area contributed by atoms with Crippen LogP contribution in [0.3, 0.4) is 0 Å². The number of esters is 1. The van der Waals surface area contributed by atoms with E-state index in [0.29, 0.717) is 16.7 Å². The number of nitrogens with zero attached hydrogens (tertiary/aromatic N) is 2. The van der Waals surface area contributed by atoms with Crippen LogP contribution in [0.1, 0.15) is 33.0 Å². The first-order valence-corrected chi connectivity index (χ1v) is 12.8. The summed E-state index contributed by atoms with van der Waals surface area (Å²) in [5.74, 6) is -2.85. The number of carbonyl (C=O) groups excluding carboxylic acids is 3. The molecule has 4 aromatic rings. The van der Waals surface area contributed by atoms with E-state index >= 15 is 0 Å². The number of nitro benzene ring substituents is 2. The van der Waals surface area contributed by atoms with E-state index in [1.54, 1.807) is 48.5 Å². The lowest BCUT2D eigenvalue weighted by Crippen LogP contribution is -2.45. The summed E-state index contributed by atoms with van der Waals surface area (Å²) in [7, 11) is 0. The maximum Gasteiger partial charge on any atom is 0.329 e. The first-order valence-electron chi connectivity index (χ1n) is 12.8. The number of Topliss-reactive ketones (excluding diaryl/α,β-unsaturated/α-hetero) is 1. The zero-order valence-electron chi connectivity index (χ0n) is 22.1. The highest BCUT2D eigenvalue weighted by atomic mass is 16.6. The Hall–Kier alpha value is -5.71. The van der Waals surface area contributed by atoms with Crippen molar-refractivity contribution in [1.82, 2.24) is 5.32 Å². The van der Waals surface area contributed by atoms with Gasteiger partial charge in [0, 0.05) is 36.2 Å². The molecule has 0 saturated heterocycles. The number of rotatable bonds is 12. The van der Waals surface area contributed by atoms with E-state index in [0.717, 1.165) is 6.07 Å². The number of hydrogen-bond donors (Lipinski definition) is 1. The molecule has 4 rings (SSSR count). The Balaban J connectivity index is 1.57. The highest BCUT2D eigenvalue weighted by molar-refractivity contribution is 5.99. The van der Waals surface area contributed by atoms with E-state index in [9.17, 15) is 34.6 Å². The lowest BCUT2D eigenvalue weighted by Gasteiger charge is -2.23. The molecule has 212 valence electrons. The summed E-state index contributed by atoms with van der Waals surface area (Å²) in [6.07, 6.45) is -0.0795. The van der Waals surface area contributed by atoms with Crippen molar-refractivity contribution < 1.29 is 29.0 Å². The fourth-order valence-electron chi connectivity index (χ4n) is 4.34. The third-order valence-corrected chi connectivity index (χ3v) is 6.44.